The van der Waals surface area contributed by atoms with Crippen LogP contribution in [0.25, 0.3) is 0 Å². The maximum absolute atomic E-state index is 4.98. The lowest BCUT2D eigenvalue weighted by molar-refractivity contribution is 0.0976. The van der Waals surface area contributed by atoms with Gasteiger partial charge < -0.3 is 4.84 Å². The molecule has 0 aliphatic rings. The van der Waals surface area contributed by atoms with E-state index in [4.69, 9.17) is 4.84 Å². The highest BCUT2D eigenvalue weighted by atomic mass is 16.6. The van der Waals surface area contributed by atoms with Gasteiger partial charge in [0.25, 0.3) is 0 Å². The van der Waals surface area contributed by atoms with E-state index in [0.717, 1.165) is 6.61 Å². The number of oxime groups is 1. The van der Waals surface area contributed by atoms with Gasteiger partial charge in [-0.3, -0.25) is 0 Å². The summed E-state index contributed by atoms with van der Waals surface area (Å²) in [5.74, 6) is 1.26. The lowest BCUT2D eigenvalue weighted by Gasteiger charge is -2.12. The molecular weight excluding hydrogens is 126 g/mol. The zero-order valence-electron chi connectivity index (χ0n) is 7.29. The molecule has 0 heterocycles. The molecule has 10 heavy (non-hydrogen) atoms. The van der Waals surface area contributed by atoms with Crippen molar-refractivity contribution in [1.29, 1.82) is 0 Å². The lowest BCUT2D eigenvalue weighted by atomic mass is 10.00. The highest BCUT2D eigenvalue weighted by molar-refractivity contribution is 5.52. The van der Waals surface area contributed by atoms with Gasteiger partial charge in [0.2, 0.25) is 0 Å². The zero-order chi connectivity index (χ0) is 7.98. The minimum Gasteiger partial charge on any atom is -0.396 e. The van der Waals surface area contributed by atoms with Crippen LogP contribution < -0.4 is 0 Å². The van der Waals surface area contributed by atoms with Crippen LogP contribution >= 0.6 is 0 Å². The zero-order valence-corrected chi connectivity index (χ0v) is 7.29. The molecular formula is C8H17NO. The van der Waals surface area contributed by atoms with Gasteiger partial charge in [0.05, 0.1) is 0 Å². The van der Waals surface area contributed by atoms with Crippen molar-refractivity contribution in [2.24, 2.45) is 17.0 Å². The third-order valence-corrected chi connectivity index (χ3v) is 1.66. The summed E-state index contributed by atoms with van der Waals surface area (Å²) in [5, 5.41) is 3.67. The topological polar surface area (TPSA) is 21.6 Å². The number of hydrogen-bond acceptors (Lipinski definition) is 2. The highest BCUT2D eigenvalue weighted by Crippen LogP contribution is 2.09. The van der Waals surface area contributed by atoms with Gasteiger partial charge >= 0.3 is 0 Å². The van der Waals surface area contributed by atoms with Crippen LogP contribution in [0.5, 0.6) is 0 Å². The monoisotopic (exact) mass is 143 g/mol. The first kappa shape index (κ1) is 9.47. The van der Waals surface area contributed by atoms with E-state index < -0.39 is 0 Å². The van der Waals surface area contributed by atoms with E-state index in [1.54, 1.807) is 6.21 Å². The van der Waals surface area contributed by atoms with E-state index in [0.29, 0.717) is 11.8 Å². The summed E-state index contributed by atoms with van der Waals surface area (Å²) in [7, 11) is 0. The summed E-state index contributed by atoms with van der Waals surface area (Å²) >= 11 is 0. The van der Waals surface area contributed by atoms with Crippen molar-refractivity contribution in [3.05, 3.63) is 0 Å². The third kappa shape index (κ3) is 4.36. The minimum atomic E-state index is 0.587. The minimum absolute atomic E-state index is 0.587. The molecule has 60 valence electrons. The van der Waals surface area contributed by atoms with Crippen LogP contribution in [-0.4, -0.2) is 12.8 Å². The number of hydrogen-bond donors (Lipinski definition) is 0. The maximum atomic E-state index is 4.98. The summed E-state index contributed by atoms with van der Waals surface area (Å²) < 4.78 is 0. The van der Waals surface area contributed by atoms with Gasteiger partial charge in [-0.1, -0.05) is 25.9 Å². The Morgan fingerprint density at radius 1 is 1.40 bits per heavy atom. The Bertz CT molecular complexity index is 99.4. The molecule has 0 aliphatic carbocycles. The van der Waals surface area contributed by atoms with Gasteiger partial charge in [-0.2, -0.15) is 0 Å². The predicted octanol–water partition coefficient (Wildman–Crippen LogP) is 2.30. The van der Waals surface area contributed by atoms with Crippen molar-refractivity contribution in [3.63, 3.8) is 0 Å². The van der Waals surface area contributed by atoms with E-state index in [9.17, 15) is 0 Å². The van der Waals surface area contributed by atoms with Crippen molar-refractivity contribution < 1.29 is 4.84 Å². The van der Waals surface area contributed by atoms with Crippen LogP contribution in [0.4, 0.5) is 0 Å². The Balaban J connectivity index is 3.30. The standard InChI is InChI=1S/C8H17NO/c1-5-9-10-6-8(4)7(2)3/h5,7-8H,6H2,1-4H3. The second-order valence-electron chi connectivity index (χ2n) is 2.88. The first-order valence-corrected chi connectivity index (χ1v) is 3.78. The van der Waals surface area contributed by atoms with Gasteiger partial charge in [0.1, 0.15) is 6.61 Å². The van der Waals surface area contributed by atoms with Crippen LogP contribution in [-0.2, 0) is 4.84 Å². The average molecular weight is 143 g/mol. The Morgan fingerprint density at radius 2 is 2.00 bits per heavy atom. The molecule has 0 aromatic rings. The molecule has 1 unspecified atom stereocenters. The summed E-state index contributed by atoms with van der Waals surface area (Å²) in [6.45, 7) is 9.10. The molecule has 0 N–H and O–H groups in total. The molecule has 0 aromatic carbocycles. The van der Waals surface area contributed by atoms with Crippen LogP contribution in [0.3, 0.4) is 0 Å². The summed E-state index contributed by atoms with van der Waals surface area (Å²) in [6.07, 6.45) is 1.66. The molecule has 0 bridgehead atoms. The molecule has 0 aliphatic heterocycles. The van der Waals surface area contributed by atoms with Crippen LogP contribution in [0.15, 0.2) is 5.16 Å². The molecule has 0 saturated heterocycles. The van der Waals surface area contributed by atoms with E-state index in [-0.39, 0.29) is 0 Å². The molecule has 0 fully saturated rings. The van der Waals surface area contributed by atoms with Gasteiger partial charge in [-0.15, -0.1) is 0 Å². The molecule has 0 rings (SSSR count). The van der Waals surface area contributed by atoms with Crippen molar-refractivity contribution in [2.75, 3.05) is 6.61 Å². The fraction of sp³-hybridized carbons (Fsp3) is 0.875. The van der Waals surface area contributed by atoms with Crippen molar-refractivity contribution >= 4 is 6.21 Å². The summed E-state index contributed by atoms with van der Waals surface area (Å²) in [6, 6.07) is 0. The molecule has 0 amide bonds. The maximum Gasteiger partial charge on any atom is 0.119 e. The molecule has 2 nitrogen and oxygen atoms in total. The first-order valence-electron chi connectivity index (χ1n) is 3.78. The van der Waals surface area contributed by atoms with Crippen LogP contribution in [0, 0.1) is 11.8 Å². The quantitative estimate of drug-likeness (QED) is 0.437. The van der Waals surface area contributed by atoms with E-state index in [1.807, 2.05) is 6.92 Å². The van der Waals surface area contributed by atoms with Crippen molar-refractivity contribution in [1.82, 2.24) is 0 Å². The third-order valence-electron chi connectivity index (χ3n) is 1.66. The van der Waals surface area contributed by atoms with Crippen molar-refractivity contribution in [3.8, 4) is 0 Å². The normalized spacial score (nSPS) is 14.5. The first-order chi connectivity index (χ1) is 4.68. The fourth-order valence-corrected chi connectivity index (χ4v) is 0.428. The summed E-state index contributed by atoms with van der Waals surface area (Å²) in [4.78, 5) is 4.98. The van der Waals surface area contributed by atoms with Crippen molar-refractivity contribution in [2.45, 2.75) is 27.7 Å². The van der Waals surface area contributed by atoms with E-state index in [2.05, 4.69) is 25.9 Å². The molecule has 0 radical (unpaired) electrons. The second kappa shape index (κ2) is 5.27. The summed E-state index contributed by atoms with van der Waals surface area (Å²) in [5.41, 5.74) is 0. The predicted molar refractivity (Wildman–Crippen MR) is 44.1 cm³/mol. The SMILES string of the molecule is CC=NOCC(C)C(C)C. The highest BCUT2D eigenvalue weighted by Gasteiger charge is 2.06. The molecule has 1 atom stereocenters. The van der Waals surface area contributed by atoms with E-state index in [1.165, 1.54) is 0 Å². The van der Waals surface area contributed by atoms with E-state index >= 15 is 0 Å². The smallest absolute Gasteiger partial charge is 0.119 e. The number of nitrogens with zero attached hydrogens (tertiary/aromatic N) is 1. The molecule has 0 saturated carbocycles. The van der Waals surface area contributed by atoms with Crippen LogP contribution in [0.2, 0.25) is 0 Å². The van der Waals surface area contributed by atoms with Gasteiger partial charge in [-0.25, -0.2) is 0 Å². The largest absolute Gasteiger partial charge is 0.396 e. The van der Waals surface area contributed by atoms with Crippen LogP contribution in [0.1, 0.15) is 27.7 Å². The Morgan fingerprint density at radius 3 is 2.40 bits per heavy atom. The molecule has 2 heteroatoms. The Kier molecular flexibility index (Phi) is 4.99. The molecule has 0 spiro atoms. The average Bonchev–Trinajstić information content (AvgIpc) is 1.88. The second-order valence-corrected chi connectivity index (χ2v) is 2.88. The Hall–Kier alpha value is -0.530. The van der Waals surface area contributed by atoms with Gasteiger partial charge in [0.15, 0.2) is 0 Å². The Labute approximate surface area is 63.3 Å². The number of rotatable bonds is 4. The fourth-order valence-electron chi connectivity index (χ4n) is 0.428. The lowest BCUT2D eigenvalue weighted by Crippen LogP contribution is -2.09. The molecule has 0 aromatic heterocycles. The van der Waals surface area contributed by atoms with Gasteiger partial charge in [-0.05, 0) is 18.8 Å². The van der Waals surface area contributed by atoms with Gasteiger partial charge in [0, 0.05) is 6.21 Å².